The summed E-state index contributed by atoms with van der Waals surface area (Å²) in [7, 11) is 0. The van der Waals surface area contributed by atoms with Gasteiger partial charge < -0.3 is 9.47 Å². The standard InChI is InChI=1S/C13H22O4/c1-7-16-13(15)10(6)11(8(2)3)17-12(14)9(4)5/h8-9H,7H2,1-6H3. The summed E-state index contributed by atoms with van der Waals surface area (Å²) in [5.74, 6) is -0.645. The summed E-state index contributed by atoms with van der Waals surface area (Å²) in [6.07, 6.45) is 0. The van der Waals surface area contributed by atoms with Gasteiger partial charge in [0.1, 0.15) is 5.76 Å². The number of allylic oxidation sites excluding steroid dienone is 1. The number of ether oxygens (including phenoxy) is 2. The molecule has 0 aromatic carbocycles. The lowest BCUT2D eigenvalue weighted by molar-refractivity contribution is -0.144. The van der Waals surface area contributed by atoms with Crippen LogP contribution in [-0.4, -0.2) is 18.5 Å². The Morgan fingerprint density at radius 2 is 1.59 bits per heavy atom. The maximum atomic E-state index is 11.6. The molecule has 0 heterocycles. The second-order valence-corrected chi connectivity index (χ2v) is 4.44. The van der Waals surface area contributed by atoms with E-state index in [0.717, 1.165) is 0 Å². The fourth-order valence-corrected chi connectivity index (χ4v) is 1.19. The van der Waals surface area contributed by atoms with Gasteiger partial charge in [-0.05, 0) is 13.8 Å². The molecule has 0 aromatic rings. The molecule has 0 bridgehead atoms. The predicted octanol–water partition coefficient (Wildman–Crippen LogP) is 2.68. The first-order valence-corrected chi connectivity index (χ1v) is 5.90. The van der Waals surface area contributed by atoms with E-state index in [1.807, 2.05) is 13.8 Å². The molecule has 98 valence electrons. The van der Waals surface area contributed by atoms with Gasteiger partial charge in [-0.25, -0.2) is 4.79 Å². The Kier molecular flexibility index (Phi) is 6.54. The number of esters is 2. The highest BCUT2D eigenvalue weighted by atomic mass is 16.5. The molecule has 0 rings (SSSR count). The molecule has 0 amide bonds. The zero-order valence-corrected chi connectivity index (χ0v) is 11.5. The van der Waals surface area contributed by atoms with Gasteiger partial charge in [0.15, 0.2) is 0 Å². The summed E-state index contributed by atoms with van der Waals surface area (Å²) in [6, 6.07) is 0. The molecule has 4 heteroatoms. The minimum Gasteiger partial charge on any atom is -0.463 e. The Morgan fingerprint density at radius 1 is 1.06 bits per heavy atom. The third-order valence-electron chi connectivity index (χ3n) is 2.16. The average molecular weight is 242 g/mol. The fourth-order valence-electron chi connectivity index (χ4n) is 1.19. The van der Waals surface area contributed by atoms with Crippen LogP contribution in [0.25, 0.3) is 0 Å². The molecule has 0 aliphatic rings. The number of carbonyl (C=O) groups excluding carboxylic acids is 2. The van der Waals surface area contributed by atoms with Gasteiger partial charge in [0.25, 0.3) is 0 Å². The van der Waals surface area contributed by atoms with Gasteiger partial charge >= 0.3 is 11.9 Å². The van der Waals surface area contributed by atoms with Crippen LogP contribution >= 0.6 is 0 Å². The van der Waals surface area contributed by atoms with Gasteiger partial charge in [0.2, 0.25) is 0 Å². The minimum absolute atomic E-state index is 0.0397. The first kappa shape index (κ1) is 15.7. The Hall–Kier alpha value is -1.32. The van der Waals surface area contributed by atoms with Crippen molar-refractivity contribution in [2.45, 2.75) is 41.5 Å². The molecule has 0 saturated carbocycles. The number of hydrogen-bond donors (Lipinski definition) is 0. The highest BCUT2D eigenvalue weighted by molar-refractivity contribution is 5.89. The minimum atomic E-state index is -0.437. The molecule has 17 heavy (non-hydrogen) atoms. The third kappa shape index (κ3) is 5.02. The second kappa shape index (κ2) is 7.09. The summed E-state index contributed by atoms with van der Waals surface area (Å²) in [6.45, 7) is 10.9. The van der Waals surface area contributed by atoms with E-state index < -0.39 is 5.97 Å². The van der Waals surface area contributed by atoms with Crippen molar-refractivity contribution in [3.8, 4) is 0 Å². The van der Waals surface area contributed by atoms with Crippen LogP contribution in [0.5, 0.6) is 0 Å². The third-order valence-corrected chi connectivity index (χ3v) is 2.16. The Bertz CT molecular complexity index is 313. The van der Waals surface area contributed by atoms with Crippen LogP contribution in [0.1, 0.15) is 41.5 Å². The molecule has 0 unspecified atom stereocenters. The summed E-state index contributed by atoms with van der Waals surface area (Å²) < 4.78 is 10.1. The van der Waals surface area contributed by atoms with Crippen LogP contribution in [0.2, 0.25) is 0 Å². The summed E-state index contributed by atoms with van der Waals surface area (Å²) in [5.41, 5.74) is 0.357. The molecule has 0 atom stereocenters. The smallest absolute Gasteiger partial charge is 0.337 e. The molecular weight excluding hydrogens is 220 g/mol. The molecule has 0 aliphatic carbocycles. The highest BCUT2D eigenvalue weighted by Crippen LogP contribution is 2.19. The zero-order valence-electron chi connectivity index (χ0n) is 11.5. The maximum Gasteiger partial charge on any atom is 0.337 e. The molecule has 0 N–H and O–H groups in total. The van der Waals surface area contributed by atoms with Crippen molar-refractivity contribution in [3.05, 3.63) is 11.3 Å². The Balaban J connectivity index is 5.01. The molecule has 0 aliphatic heterocycles. The van der Waals surface area contributed by atoms with E-state index in [-0.39, 0.29) is 17.8 Å². The topological polar surface area (TPSA) is 52.6 Å². The van der Waals surface area contributed by atoms with E-state index in [1.165, 1.54) is 0 Å². The van der Waals surface area contributed by atoms with E-state index in [2.05, 4.69) is 0 Å². The predicted molar refractivity (Wildman–Crippen MR) is 65.1 cm³/mol. The number of rotatable bonds is 5. The highest BCUT2D eigenvalue weighted by Gasteiger charge is 2.20. The normalized spacial score (nSPS) is 12.5. The molecule has 4 nitrogen and oxygen atoms in total. The Labute approximate surface area is 103 Å². The number of carbonyl (C=O) groups is 2. The lowest BCUT2D eigenvalue weighted by Crippen LogP contribution is -2.18. The van der Waals surface area contributed by atoms with Crippen molar-refractivity contribution >= 4 is 11.9 Å². The summed E-state index contributed by atoms with van der Waals surface area (Å²) in [4.78, 5) is 23.1. The van der Waals surface area contributed by atoms with Crippen LogP contribution in [0.15, 0.2) is 11.3 Å². The van der Waals surface area contributed by atoms with Gasteiger partial charge in [0, 0.05) is 5.92 Å². The van der Waals surface area contributed by atoms with Crippen molar-refractivity contribution in [3.63, 3.8) is 0 Å². The van der Waals surface area contributed by atoms with Gasteiger partial charge in [-0.2, -0.15) is 0 Å². The zero-order chi connectivity index (χ0) is 13.6. The van der Waals surface area contributed by atoms with Crippen molar-refractivity contribution < 1.29 is 19.1 Å². The van der Waals surface area contributed by atoms with Crippen molar-refractivity contribution in [2.75, 3.05) is 6.61 Å². The monoisotopic (exact) mass is 242 g/mol. The average Bonchev–Trinajstić information content (AvgIpc) is 2.24. The molecule has 0 radical (unpaired) electrons. The molecule has 0 aromatic heterocycles. The van der Waals surface area contributed by atoms with Gasteiger partial charge in [-0.3, -0.25) is 4.79 Å². The first-order chi connectivity index (χ1) is 7.81. The van der Waals surface area contributed by atoms with Crippen LogP contribution in [0.3, 0.4) is 0 Å². The lowest BCUT2D eigenvalue weighted by Gasteiger charge is -2.16. The number of hydrogen-bond acceptors (Lipinski definition) is 4. The summed E-state index contributed by atoms with van der Waals surface area (Å²) >= 11 is 0. The van der Waals surface area contributed by atoms with E-state index in [9.17, 15) is 9.59 Å². The quantitative estimate of drug-likeness (QED) is 0.422. The largest absolute Gasteiger partial charge is 0.463 e. The molecular formula is C13H22O4. The molecule has 0 fully saturated rings. The molecule has 0 saturated heterocycles. The SMILES string of the molecule is CCOC(=O)C(C)=C(OC(=O)C(C)C)C(C)C. The van der Waals surface area contributed by atoms with Gasteiger partial charge in [-0.1, -0.05) is 27.7 Å². The van der Waals surface area contributed by atoms with Crippen molar-refractivity contribution in [1.29, 1.82) is 0 Å². The molecule has 0 spiro atoms. The second-order valence-electron chi connectivity index (χ2n) is 4.44. The summed E-state index contributed by atoms with van der Waals surface area (Å²) in [5, 5.41) is 0. The fraction of sp³-hybridized carbons (Fsp3) is 0.692. The van der Waals surface area contributed by atoms with E-state index in [1.54, 1.807) is 27.7 Å². The Morgan fingerprint density at radius 3 is 1.94 bits per heavy atom. The first-order valence-electron chi connectivity index (χ1n) is 5.90. The van der Waals surface area contributed by atoms with Crippen molar-refractivity contribution in [1.82, 2.24) is 0 Å². The lowest BCUT2D eigenvalue weighted by atomic mass is 10.1. The van der Waals surface area contributed by atoms with Crippen LogP contribution in [-0.2, 0) is 19.1 Å². The van der Waals surface area contributed by atoms with Crippen LogP contribution in [0, 0.1) is 11.8 Å². The maximum absolute atomic E-state index is 11.6. The van der Waals surface area contributed by atoms with E-state index in [0.29, 0.717) is 17.9 Å². The van der Waals surface area contributed by atoms with Gasteiger partial charge in [0.05, 0.1) is 18.1 Å². The van der Waals surface area contributed by atoms with Crippen LogP contribution < -0.4 is 0 Å². The van der Waals surface area contributed by atoms with Gasteiger partial charge in [-0.15, -0.1) is 0 Å². The van der Waals surface area contributed by atoms with Crippen LogP contribution in [0.4, 0.5) is 0 Å². The van der Waals surface area contributed by atoms with E-state index >= 15 is 0 Å². The van der Waals surface area contributed by atoms with Crippen molar-refractivity contribution in [2.24, 2.45) is 11.8 Å². The van der Waals surface area contributed by atoms with E-state index in [4.69, 9.17) is 9.47 Å².